The highest BCUT2D eigenvalue weighted by molar-refractivity contribution is 9.09. The van der Waals surface area contributed by atoms with Crippen molar-refractivity contribution in [1.82, 2.24) is 4.90 Å². The van der Waals surface area contributed by atoms with Gasteiger partial charge < -0.3 is 4.90 Å². The van der Waals surface area contributed by atoms with Gasteiger partial charge in [-0.2, -0.15) is 0 Å². The van der Waals surface area contributed by atoms with Crippen LogP contribution in [0.1, 0.15) is 23.4 Å². The summed E-state index contributed by atoms with van der Waals surface area (Å²) in [7, 11) is 0. The van der Waals surface area contributed by atoms with Gasteiger partial charge in [0.05, 0.1) is 11.4 Å². The van der Waals surface area contributed by atoms with Gasteiger partial charge in [-0.3, -0.25) is 4.79 Å². The van der Waals surface area contributed by atoms with Crippen molar-refractivity contribution in [2.45, 2.75) is 19.4 Å². The van der Waals surface area contributed by atoms with Crippen molar-refractivity contribution in [1.29, 1.82) is 0 Å². The summed E-state index contributed by atoms with van der Waals surface area (Å²) in [4.78, 5) is 15.0. The average molecular weight is 274 g/mol. The Bertz CT molecular complexity index is 350. The van der Waals surface area contributed by atoms with E-state index in [0.29, 0.717) is 5.33 Å². The van der Waals surface area contributed by atoms with E-state index in [2.05, 4.69) is 34.3 Å². The number of nitrogens with zero attached hydrogens (tertiary/aromatic N) is 1. The lowest BCUT2D eigenvalue weighted by Gasteiger charge is -2.33. The van der Waals surface area contributed by atoms with Crippen LogP contribution in [0.15, 0.2) is 11.4 Å². The Morgan fingerprint density at radius 2 is 2.57 bits per heavy atom. The van der Waals surface area contributed by atoms with Gasteiger partial charge in [0.2, 0.25) is 5.91 Å². The number of carbonyl (C=O) groups is 1. The summed E-state index contributed by atoms with van der Waals surface area (Å²) in [6.45, 7) is 2.96. The molecular formula is C10H12BrNOS. The van der Waals surface area contributed by atoms with Crippen LogP contribution in [0.5, 0.6) is 0 Å². The van der Waals surface area contributed by atoms with Crippen LogP contribution in [0, 0.1) is 0 Å². The Hall–Kier alpha value is -0.350. The second kappa shape index (κ2) is 4.03. The number of carbonyl (C=O) groups excluding carboxylic acids is 1. The molecule has 1 unspecified atom stereocenters. The van der Waals surface area contributed by atoms with E-state index < -0.39 is 0 Å². The largest absolute Gasteiger partial charge is 0.335 e. The Morgan fingerprint density at radius 3 is 3.29 bits per heavy atom. The smallest absolute Gasteiger partial charge is 0.233 e. The summed E-state index contributed by atoms with van der Waals surface area (Å²) in [6, 6.07) is 2.38. The molecule has 2 rings (SSSR count). The highest BCUT2D eigenvalue weighted by atomic mass is 79.9. The lowest BCUT2D eigenvalue weighted by atomic mass is 10.0. The summed E-state index contributed by atoms with van der Waals surface area (Å²) in [5.41, 5.74) is 1.33. The van der Waals surface area contributed by atoms with Crippen LogP contribution in [0.4, 0.5) is 0 Å². The monoisotopic (exact) mass is 273 g/mol. The fourth-order valence-electron chi connectivity index (χ4n) is 1.93. The number of halogens is 1. The zero-order valence-corrected chi connectivity index (χ0v) is 10.4. The van der Waals surface area contributed by atoms with Crippen LogP contribution in [0.3, 0.4) is 0 Å². The molecule has 0 radical (unpaired) electrons. The van der Waals surface area contributed by atoms with Crippen molar-refractivity contribution in [3.8, 4) is 0 Å². The van der Waals surface area contributed by atoms with E-state index >= 15 is 0 Å². The minimum atomic E-state index is 0.189. The summed E-state index contributed by atoms with van der Waals surface area (Å²) in [6.07, 6.45) is 1.01. The SMILES string of the molecule is CC1c2ccsc2CCN1C(=O)CBr. The molecule has 1 aliphatic rings. The van der Waals surface area contributed by atoms with Crippen molar-refractivity contribution in [3.05, 3.63) is 21.9 Å². The molecule has 2 heterocycles. The Morgan fingerprint density at radius 1 is 1.79 bits per heavy atom. The first kappa shape index (κ1) is 10.2. The van der Waals surface area contributed by atoms with Crippen molar-refractivity contribution < 1.29 is 4.79 Å². The Balaban J connectivity index is 2.25. The zero-order chi connectivity index (χ0) is 10.1. The number of thiophene rings is 1. The van der Waals surface area contributed by atoms with Gasteiger partial charge in [-0.25, -0.2) is 0 Å². The lowest BCUT2D eigenvalue weighted by molar-refractivity contribution is -0.130. The first-order chi connectivity index (χ1) is 6.74. The Kier molecular flexibility index (Phi) is 2.93. The quantitative estimate of drug-likeness (QED) is 0.721. The second-order valence-electron chi connectivity index (χ2n) is 3.45. The number of alkyl halides is 1. The third-order valence-corrected chi connectivity index (χ3v) is 4.19. The van der Waals surface area contributed by atoms with Gasteiger partial charge in [0, 0.05) is 11.4 Å². The topological polar surface area (TPSA) is 20.3 Å². The molecule has 2 nitrogen and oxygen atoms in total. The molecule has 0 saturated heterocycles. The van der Waals surface area contributed by atoms with Crippen molar-refractivity contribution in [3.63, 3.8) is 0 Å². The summed E-state index contributed by atoms with van der Waals surface area (Å²) in [5, 5.41) is 2.54. The standard InChI is InChI=1S/C10H12BrNOS/c1-7-8-3-5-14-9(8)2-4-12(7)10(13)6-11/h3,5,7H,2,4,6H2,1H3. The van der Waals surface area contributed by atoms with Gasteiger partial charge >= 0.3 is 0 Å². The molecule has 1 aromatic heterocycles. The van der Waals surface area contributed by atoms with Crippen molar-refractivity contribution >= 4 is 33.2 Å². The van der Waals surface area contributed by atoms with E-state index in [9.17, 15) is 4.79 Å². The van der Waals surface area contributed by atoms with E-state index in [1.54, 1.807) is 11.3 Å². The van der Waals surface area contributed by atoms with Crippen LogP contribution in [-0.2, 0) is 11.2 Å². The summed E-state index contributed by atoms with van der Waals surface area (Å²) in [5.74, 6) is 0.189. The highest BCUT2D eigenvalue weighted by Crippen LogP contribution is 2.32. The number of rotatable bonds is 1. The van der Waals surface area contributed by atoms with Gasteiger partial charge in [0.1, 0.15) is 0 Å². The third-order valence-electron chi connectivity index (χ3n) is 2.71. The van der Waals surface area contributed by atoms with Gasteiger partial charge in [-0.05, 0) is 30.4 Å². The van der Waals surface area contributed by atoms with Crippen LogP contribution in [0.2, 0.25) is 0 Å². The van der Waals surface area contributed by atoms with E-state index in [0.717, 1.165) is 13.0 Å². The number of fused-ring (bicyclic) bond motifs is 1. The van der Waals surface area contributed by atoms with E-state index in [4.69, 9.17) is 0 Å². The van der Waals surface area contributed by atoms with Crippen LogP contribution in [-0.4, -0.2) is 22.7 Å². The predicted molar refractivity (Wildman–Crippen MR) is 61.9 cm³/mol. The lowest BCUT2D eigenvalue weighted by Crippen LogP contribution is -2.38. The maximum Gasteiger partial charge on any atom is 0.233 e. The minimum Gasteiger partial charge on any atom is -0.335 e. The molecule has 0 aromatic carbocycles. The third kappa shape index (κ3) is 1.61. The van der Waals surface area contributed by atoms with Crippen LogP contribution in [0.25, 0.3) is 0 Å². The average Bonchev–Trinajstić information content (AvgIpc) is 2.66. The van der Waals surface area contributed by atoms with Gasteiger partial charge in [0.25, 0.3) is 0 Å². The highest BCUT2D eigenvalue weighted by Gasteiger charge is 2.27. The molecule has 1 aliphatic heterocycles. The molecule has 0 fully saturated rings. The zero-order valence-electron chi connectivity index (χ0n) is 8.00. The molecule has 14 heavy (non-hydrogen) atoms. The molecule has 0 N–H and O–H groups in total. The molecule has 76 valence electrons. The van der Waals surface area contributed by atoms with Crippen molar-refractivity contribution in [2.24, 2.45) is 0 Å². The first-order valence-corrected chi connectivity index (χ1v) is 6.66. The molecule has 0 spiro atoms. The predicted octanol–water partition coefficient (Wildman–Crippen LogP) is 2.59. The van der Waals surface area contributed by atoms with E-state index in [1.807, 2.05) is 4.90 Å². The normalized spacial score (nSPS) is 20.7. The second-order valence-corrected chi connectivity index (χ2v) is 5.01. The van der Waals surface area contributed by atoms with Gasteiger partial charge in [-0.15, -0.1) is 11.3 Å². The maximum atomic E-state index is 11.6. The fraction of sp³-hybridized carbons (Fsp3) is 0.500. The Labute approximate surface area is 96.0 Å². The van der Waals surface area contributed by atoms with Crippen molar-refractivity contribution in [2.75, 3.05) is 11.9 Å². The summed E-state index contributed by atoms with van der Waals surface area (Å²) < 4.78 is 0. The van der Waals surface area contributed by atoms with E-state index in [1.165, 1.54) is 10.4 Å². The summed E-state index contributed by atoms with van der Waals surface area (Å²) >= 11 is 5.02. The molecule has 1 aromatic rings. The molecule has 1 atom stereocenters. The first-order valence-electron chi connectivity index (χ1n) is 4.65. The van der Waals surface area contributed by atoms with E-state index in [-0.39, 0.29) is 11.9 Å². The van der Waals surface area contributed by atoms with Gasteiger partial charge in [0.15, 0.2) is 0 Å². The molecule has 4 heteroatoms. The number of hydrogen-bond donors (Lipinski definition) is 0. The molecule has 1 amide bonds. The number of hydrogen-bond acceptors (Lipinski definition) is 2. The minimum absolute atomic E-state index is 0.189. The molecule has 0 aliphatic carbocycles. The maximum absolute atomic E-state index is 11.6. The van der Waals surface area contributed by atoms with Crippen LogP contribution >= 0.6 is 27.3 Å². The molecular weight excluding hydrogens is 262 g/mol. The number of amides is 1. The molecule has 0 bridgehead atoms. The van der Waals surface area contributed by atoms with Gasteiger partial charge in [-0.1, -0.05) is 15.9 Å². The molecule has 0 saturated carbocycles. The fourth-order valence-corrected chi connectivity index (χ4v) is 3.21. The van der Waals surface area contributed by atoms with Crippen LogP contribution < -0.4 is 0 Å².